The maximum Gasteiger partial charge on any atom is 0.305 e. The van der Waals surface area contributed by atoms with Crippen LogP contribution in [-0.2, 0) is 19.1 Å². The van der Waals surface area contributed by atoms with E-state index in [1.807, 2.05) is 0 Å². The number of hydrogen-bond donors (Lipinski definition) is 1. The number of ether oxygens (including phenoxy) is 2. The molecule has 5 nitrogen and oxygen atoms in total. The van der Waals surface area contributed by atoms with E-state index >= 15 is 0 Å². The third kappa shape index (κ3) is 31.3. The highest BCUT2D eigenvalue weighted by Crippen LogP contribution is 2.15. The van der Waals surface area contributed by atoms with E-state index in [0.29, 0.717) is 12.8 Å². The van der Waals surface area contributed by atoms with Crippen molar-refractivity contribution in [1.82, 2.24) is 0 Å². The van der Waals surface area contributed by atoms with Crippen molar-refractivity contribution >= 4 is 11.9 Å². The van der Waals surface area contributed by atoms with Gasteiger partial charge in [0, 0.05) is 12.8 Å². The minimum Gasteiger partial charge on any atom is -0.463 e. The van der Waals surface area contributed by atoms with Crippen molar-refractivity contribution in [2.45, 2.75) is 181 Å². The van der Waals surface area contributed by atoms with Crippen molar-refractivity contribution in [3.8, 4) is 0 Å². The molecule has 0 saturated heterocycles. The summed E-state index contributed by atoms with van der Waals surface area (Å²) < 4.78 is 10.3. The Labute approximate surface area is 242 Å². The molecule has 0 spiro atoms. The Kier molecular flexibility index (Phi) is 27.6. The molecular formula is C34H66O5. The molecule has 0 saturated carbocycles. The average Bonchev–Trinajstić information content (AvgIpc) is 2.89. The van der Waals surface area contributed by atoms with E-state index in [2.05, 4.69) is 27.7 Å². The lowest BCUT2D eigenvalue weighted by molar-refractivity contribution is -0.152. The van der Waals surface area contributed by atoms with Crippen molar-refractivity contribution in [2.75, 3.05) is 13.2 Å². The fraction of sp³-hybridized carbons (Fsp3) is 0.941. The molecule has 0 bridgehead atoms. The predicted molar refractivity (Wildman–Crippen MR) is 164 cm³/mol. The van der Waals surface area contributed by atoms with Gasteiger partial charge in [-0.25, -0.2) is 0 Å². The van der Waals surface area contributed by atoms with Crippen LogP contribution in [0.4, 0.5) is 0 Å². The molecule has 0 amide bonds. The molecule has 232 valence electrons. The Hall–Kier alpha value is -1.10. The summed E-state index contributed by atoms with van der Waals surface area (Å²) in [7, 11) is 0. The second kappa shape index (κ2) is 28.4. The SMILES string of the molecule is CC(C)CCCCCCCCCCCCCCCC(=O)OC[C@H](O)COC(=O)CCCCCCCCC(C)C. The summed E-state index contributed by atoms with van der Waals surface area (Å²) in [6, 6.07) is 0. The van der Waals surface area contributed by atoms with Gasteiger partial charge in [-0.2, -0.15) is 0 Å². The molecule has 1 atom stereocenters. The number of aliphatic hydroxyl groups excluding tert-OH is 1. The van der Waals surface area contributed by atoms with E-state index in [1.165, 1.54) is 103 Å². The van der Waals surface area contributed by atoms with Gasteiger partial charge in [0.1, 0.15) is 19.3 Å². The molecule has 0 aliphatic rings. The summed E-state index contributed by atoms with van der Waals surface area (Å²) in [5, 5.41) is 9.94. The summed E-state index contributed by atoms with van der Waals surface area (Å²) in [4.78, 5) is 23.7. The van der Waals surface area contributed by atoms with E-state index in [9.17, 15) is 14.7 Å². The van der Waals surface area contributed by atoms with Gasteiger partial charge in [-0.1, -0.05) is 150 Å². The first-order valence-corrected chi connectivity index (χ1v) is 16.8. The van der Waals surface area contributed by atoms with Crippen molar-refractivity contribution in [1.29, 1.82) is 0 Å². The first kappa shape index (κ1) is 37.9. The molecule has 0 aliphatic carbocycles. The van der Waals surface area contributed by atoms with Crippen LogP contribution in [-0.4, -0.2) is 36.4 Å². The summed E-state index contributed by atoms with van der Waals surface area (Å²) in [5.41, 5.74) is 0. The molecule has 0 aromatic carbocycles. The molecule has 0 aliphatic heterocycles. The summed E-state index contributed by atoms with van der Waals surface area (Å²) >= 11 is 0. The summed E-state index contributed by atoms with van der Waals surface area (Å²) in [6.07, 6.45) is 25.9. The maximum absolute atomic E-state index is 11.9. The summed E-state index contributed by atoms with van der Waals surface area (Å²) in [5.74, 6) is 1.06. The lowest BCUT2D eigenvalue weighted by atomic mass is 10.0. The van der Waals surface area contributed by atoms with Crippen molar-refractivity contribution < 1.29 is 24.2 Å². The van der Waals surface area contributed by atoms with E-state index in [1.54, 1.807) is 0 Å². The first-order valence-electron chi connectivity index (χ1n) is 16.8. The van der Waals surface area contributed by atoms with Gasteiger partial charge < -0.3 is 14.6 Å². The number of unbranched alkanes of at least 4 members (excludes halogenated alkanes) is 17. The average molecular weight is 555 g/mol. The van der Waals surface area contributed by atoms with Crippen LogP contribution >= 0.6 is 0 Å². The molecule has 0 aromatic heterocycles. The molecule has 0 radical (unpaired) electrons. The van der Waals surface area contributed by atoms with Gasteiger partial charge in [0.05, 0.1) is 0 Å². The highest BCUT2D eigenvalue weighted by Gasteiger charge is 2.12. The minimum atomic E-state index is -0.955. The van der Waals surface area contributed by atoms with Gasteiger partial charge >= 0.3 is 11.9 Å². The third-order valence-corrected chi connectivity index (χ3v) is 7.45. The summed E-state index contributed by atoms with van der Waals surface area (Å²) in [6.45, 7) is 8.91. The van der Waals surface area contributed by atoms with Crippen molar-refractivity contribution in [2.24, 2.45) is 11.8 Å². The highest BCUT2D eigenvalue weighted by molar-refractivity contribution is 5.69. The van der Waals surface area contributed by atoms with Crippen LogP contribution in [0.1, 0.15) is 175 Å². The molecule has 0 fully saturated rings. The molecule has 0 rings (SSSR count). The van der Waals surface area contributed by atoms with E-state index in [-0.39, 0.29) is 25.2 Å². The largest absolute Gasteiger partial charge is 0.463 e. The Morgan fingerprint density at radius 3 is 1.00 bits per heavy atom. The zero-order valence-corrected chi connectivity index (χ0v) is 26.5. The Bertz CT molecular complexity index is 546. The molecular weight excluding hydrogens is 488 g/mol. The van der Waals surface area contributed by atoms with Crippen LogP contribution in [0.2, 0.25) is 0 Å². The number of rotatable bonds is 29. The van der Waals surface area contributed by atoms with E-state index in [4.69, 9.17) is 9.47 Å². The number of carbonyl (C=O) groups excluding carboxylic acids is 2. The topological polar surface area (TPSA) is 72.8 Å². The van der Waals surface area contributed by atoms with Gasteiger partial charge in [-0.3, -0.25) is 9.59 Å². The molecule has 5 heteroatoms. The van der Waals surface area contributed by atoms with Gasteiger partial charge in [0.2, 0.25) is 0 Å². The van der Waals surface area contributed by atoms with Crippen LogP contribution < -0.4 is 0 Å². The highest BCUT2D eigenvalue weighted by atomic mass is 16.6. The molecule has 0 aromatic rings. The van der Waals surface area contributed by atoms with E-state index < -0.39 is 6.10 Å². The number of aliphatic hydroxyl groups is 1. The van der Waals surface area contributed by atoms with Crippen LogP contribution in [0.5, 0.6) is 0 Å². The number of hydrogen-bond acceptors (Lipinski definition) is 5. The zero-order valence-electron chi connectivity index (χ0n) is 26.5. The standard InChI is InChI=1S/C34H66O5/c1-30(2)24-20-16-12-10-8-6-5-7-9-11-13-18-22-26-33(36)38-28-32(35)29-39-34(37)27-23-19-15-14-17-21-25-31(3)4/h30-32,35H,5-29H2,1-4H3/t32-/m0/s1. The van der Waals surface area contributed by atoms with Crippen LogP contribution in [0.3, 0.4) is 0 Å². The van der Waals surface area contributed by atoms with Crippen LogP contribution in [0, 0.1) is 11.8 Å². The van der Waals surface area contributed by atoms with Gasteiger partial charge in [-0.05, 0) is 24.7 Å². The van der Waals surface area contributed by atoms with E-state index in [0.717, 1.165) is 43.9 Å². The lowest BCUT2D eigenvalue weighted by Crippen LogP contribution is -2.25. The second-order valence-electron chi connectivity index (χ2n) is 12.6. The second-order valence-corrected chi connectivity index (χ2v) is 12.6. The van der Waals surface area contributed by atoms with Crippen LogP contribution in [0.15, 0.2) is 0 Å². The first-order chi connectivity index (χ1) is 18.8. The lowest BCUT2D eigenvalue weighted by Gasteiger charge is -2.12. The Morgan fingerprint density at radius 1 is 0.462 bits per heavy atom. The number of esters is 2. The molecule has 39 heavy (non-hydrogen) atoms. The normalized spacial score (nSPS) is 12.3. The Morgan fingerprint density at radius 2 is 0.718 bits per heavy atom. The van der Waals surface area contributed by atoms with Crippen molar-refractivity contribution in [3.63, 3.8) is 0 Å². The minimum absolute atomic E-state index is 0.111. The van der Waals surface area contributed by atoms with Gasteiger partial charge in [0.15, 0.2) is 0 Å². The predicted octanol–water partition coefficient (Wildman–Crippen LogP) is 9.72. The van der Waals surface area contributed by atoms with Crippen LogP contribution in [0.25, 0.3) is 0 Å². The fourth-order valence-electron chi connectivity index (χ4n) is 4.87. The third-order valence-electron chi connectivity index (χ3n) is 7.45. The maximum atomic E-state index is 11.9. The number of carbonyl (C=O) groups is 2. The Balaban J connectivity index is 3.40. The molecule has 0 unspecified atom stereocenters. The quantitative estimate of drug-likeness (QED) is 0.0736. The zero-order chi connectivity index (χ0) is 29.0. The monoisotopic (exact) mass is 554 g/mol. The molecule has 0 heterocycles. The van der Waals surface area contributed by atoms with Gasteiger partial charge in [-0.15, -0.1) is 0 Å². The molecule has 1 N–H and O–H groups in total. The smallest absolute Gasteiger partial charge is 0.305 e. The fourth-order valence-corrected chi connectivity index (χ4v) is 4.87. The van der Waals surface area contributed by atoms with Gasteiger partial charge in [0.25, 0.3) is 0 Å². The van der Waals surface area contributed by atoms with Crippen molar-refractivity contribution in [3.05, 3.63) is 0 Å².